The minimum Gasteiger partial charge on any atom is -0.357 e. The lowest BCUT2D eigenvalue weighted by atomic mass is 9.72. The number of pyridine rings is 1. The van der Waals surface area contributed by atoms with Crippen LogP contribution in [-0.2, 0) is 16.0 Å². The molecular weight excluding hydrogens is 492 g/mol. The van der Waals surface area contributed by atoms with Gasteiger partial charge in [-0.25, -0.2) is 18.6 Å². The van der Waals surface area contributed by atoms with E-state index in [0.29, 0.717) is 17.6 Å². The average Bonchev–Trinajstić information content (AvgIpc) is 3.19. The van der Waals surface area contributed by atoms with Gasteiger partial charge in [-0.1, -0.05) is 0 Å². The van der Waals surface area contributed by atoms with Crippen molar-refractivity contribution in [2.45, 2.75) is 50.1 Å². The third-order valence-electron chi connectivity index (χ3n) is 7.34. The Kier molecular flexibility index (Phi) is 4.78. The fourth-order valence-electron chi connectivity index (χ4n) is 5.60. The second-order valence-corrected chi connectivity index (χ2v) is 9.77. The number of halogens is 2. The number of ketones is 1. The van der Waals surface area contributed by atoms with Gasteiger partial charge in [-0.3, -0.25) is 14.4 Å². The molecule has 192 valence electrons. The van der Waals surface area contributed by atoms with Crippen molar-refractivity contribution in [2.75, 3.05) is 7.05 Å². The van der Waals surface area contributed by atoms with Gasteiger partial charge in [-0.2, -0.15) is 0 Å². The van der Waals surface area contributed by atoms with Gasteiger partial charge >= 0.3 is 5.97 Å². The number of hydrogen-bond acceptors (Lipinski definition) is 8. The number of hydrogen-bond donors (Lipinski definition) is 2. The third kappa shape index (κ3) is 3.42. The van der Waals surface area contributed by atoms with Gasteiger partial charge in [0.15, 0.2) is 0 Å². The first-order valence-electron chi connectivity index (χ1n) is 11.6. The molecule has 0 unspecified atom stereocenters. The van der Waals surface area contributed by atoms with Gasteiger partial charge in [0.1, 0.15) is 16.7 Å². The van der Waals surface area contributed by atoms with Crippen molar-refractivity contribution in [1.82, 2.24) is 35.3 Å². The van der Waals surface area contributed by atoms with Crippen LogP contribution in [-0.4, -0.2) is 66.8 Å². The number of nitrogens with one attached hydrogen (secondary N) is 2. The molecule has 37 heavy (non-hydrogen) atoms. The van der Waals surface area contributed by atoms with Crippen LogP contribution in [0.5, 0.6) is 0 Å². The highest BCUT2D eigenvalue weighted by Gasteiger charge is 2.62. The largest absolute Gasteiger partial charge is 0.382 e. The lowest BCUT2D eigenvalue weighted by Crippen LogP contribution is -2.69. The molecule has 1 aliphatic heterocycles. The highest BCUT2D eigenvalue weighted by atomic mass is 19.3. The third-order valence-corrected chi connectivity index (χ3v) is 7.34. The number of fused-ring (bicyclic) bond motifs is 4. The summed E-state index contributed by atoms with van der Waals surface area (Å²) in [4.78, 5) is 62.3. The maximum atomic E-state index is 13.7. The van der Waals surface area contributed by atoms with Crippen molar-refractivity contribution in [3.05, 3.63) is 40.8 Å². The van der Waals surface area contributed by atoms with Crippen LogP contribution in [0.2, 0.25) is 0 Å². The monoisotopic (exact) mass is 513 g/mol. The summed E-state index contributed by atoms with van der Waals surface area (Å²) < 4.78 is 29.0. The van der Waals surface area contributed by atoms with Crippen molar-refractivity contribution >= 4 is 34.7 Å². The Morgan fingerprint density at radius 1 is 1.22 bits per heavy atom. The summed E-state index contributed by atoms with van der Waals surface area (Å²) >= 11 is 0. The zero-order valence-electron chi connectivity index (χ0n) is 19.7. The maximum absolute atomic E-state index is 13.7. The number of alkyl halides is 2. The summed E-state index contributed by atoms with van der Waals surface area (Å²) in [5, 5.41) is 12.2. The number of rotatable bonds is 6. The zero-order chi connectivity index (χ0) is 26.3. The second-order valence-electron chi connectivity index (χ2n) is 9.77. The van der Waals surface area contributed by atoms with E-state index in [4.69, 9.17) is 4.84 Å². The van der Waals surface area contributed by atoms with E-state index in [9.17, 15) is 28.0 Å². The number of nitrogens with zero attached hydrogens (tertiary/aromatic N) is 5. The minimum absolute atomic E-state index is 0.0105. The molecule has 0 saturated heterocycles. The van der Waals surface area contributed by atoms with E-state index < -0.39 is 47.9 Å². The fourth-order valence-corrected chi connectivity index (χ4v) is 5.60. The summed E-state index contributed by atoms with van der Waals surface area (Å²) in [7, 11) is 1.26. The van der Waals surface area contributed by atoms with Crippen molar-refractivity contribution in [3.63, 3.8) is 0 Å². The molecule has 12 nitrogen and oxygen atoms in total. The van der Waals surface area contributed by atoms with Crippen LogP contribution in [0.25, 0.3) is 11.2 Å². The molecule has 2 aliphatic carbocycles. The van der Waals surface area contributed by atoms with E-state index in [0.717, 1.165) is 11.3 Å². The van der Waals surface area contributed by atoms with Crippen LogP contribution < -0.4 is 15.5 Å². The molecular formula is C23H21F2N7O5. The molecule has 0 aromatic carbocycles. The molecule has 3 aliphatic rings. The molecule has 3 aromatic rings. The molecule has 6 rings (SSSR count). The van der Waals surface area contributed by atoms with Crippen LogP contribution in [0.1, 0.15) is 57.4 Å². The van der Waals surface area contributed by atoms with Crippen molar-refractivity contribution in [1.29, 1.82) is 0 Å². The number of amides is 2. The summed E-state index contributed by atoms with van der Waals surface area (Å²) in [6.45, 7) is 1.52. The molecule has 14 heteroatoms. The number of Topliss-reactive ketones (excluding diaryl/α,β-unsaturated/α-hetero) is 1. The first kappa shape index (κ1) is 23.2. The Labute approximate surface area is 207 Å². The molecule has 4 heterocycles. The minimum atomic E-state index is -3.13. The van der Waals surface area contributed by atoms with Gasteiger partial charge in [0, 0.05) is 37.8 Å². The normalized spacial score (nSPS) is 21.9. The van der Waals surface area contributed by atoms with Gasteiger partial charge in [0.05, 0.1) is 5.56 Å². The standard InChI is InChI=1S/C23H21F2N7O5/c1-10-15(17(33)19(34)28-22(21(36)26-2)8-23(24,25)9-22)14-7-11-6-13(11)31(14)16(10)20(35)37-32-18-12(29-30-32)4-3-5-27-18/h3-5,11,13H,6-9H2,1-2H3,(H,26,36)(H,28,34)/t11-,13-/m1/s1. The second kappa shape index (κ2) is 7.63. The number of carbonyl (C=O) groups excluding carboxylic acids is 4. The Bertz CT molecular complexity index is 1520. The topological polar surface area (TPSA) is 150 Å². The van der Waals surface area contributed by atoms with E-state index in [-0.39, 0.29) is 34.4 Å². The molecule has 0 spiro atoms. The van der Waals surface area contributed by atoms with Gasteiger partial charge < -0.3 is 20.0 Å². The Morgan fingerprint density at radius 3 is 2.68 bits per heavy atom. The van der Waals surface area contributed by atoms with Crippen LogP contribution in [0.15, 0.2) is 18.3 Å². The number of carbonyl (C=O) groups is 4. The van der Waals surface area contributed by atoms with E-state index in [1.165, 1.54) is 20.2 Å². The molecule has 0 radical (unpaired) electrons. The summed E-state index contributed by atoms with van der Waals surface area (Å²) in [5.74, 6) is -6.74. The lowest BCUT2D eigenvalue weighted by molar-refractivity contribution is -0.164. The Balaban J connectivity index is 1.32. The SMILES string of the molecule is CNC(=O)C1(NC(=O)C(=O)c2c(C)c(C(=O)On3nnc4cccnc43)n3c2C[C@H]2C[C@H]23)CC(F)(F)C1. The van der Waals surface area contributed by atoms with Crippen molar-refractivity contribution in [3.8, 4) is 0 Å². The van der Waals surface area contributed by atoms with E-state index in [2.05, 4.69) is 25.9 Å². The quantitative estimate of drug-likeness (QED) is 0.275. The molecule has 3 aromatic heterocycles. The Hall–Kier alpha value is -4.23. The lowest BCUT2D eigenvalue weighted by Gasteiger charge is -2.45. The van der Waals surface area contributed by atoms with E-state index >= 15 is 0 Å². The highest BCUT2D eigenvalue weighted by Crippen LogP contribution is 2.54. The number of aromatic nitrogens is 5. The van der Waals surface area contributed by atoms with Crippen LogP contribution in [0.3, 0.4) is 0 Å². The summed E-state index contributed by atoms with van der Waals surface area (Å²) in [5.41, 5.74) is -0.431. The molecule has 2 amide bonds. The molecule has 2 saturated carbocycles. The highest BCUT2D eigenvalue weighted by molar-refractivity contribution is 6.44. The molecule has 2 fully saturated rings. The van der Waals surface area contributed by atoms with Gasteiger partial charge in [0.25, 0.3) is 17.6 Å². The molecule has 2 atom stereocenters. The smallest absolute Gasteiger partial charge is 0.357 e. The number of likely N-dealkylation sites (N-methyl/N-ethyl adjacent to an activating group) is 1. The first-order valence-corrected chi connectivity index (χ1v) is 11.6. The van der Waals surface area contributed by atoms with Gasteiger partial charge in [-0.05, 0) is 53.4 Å². The first-order chi connectivity index (χ1) is 17.5. The van der Waals surface area contributed by atoms with Crippen molar-refractivity contribution in [2.24, 2.45) is 5.92 Å². The predicted molar refractivity (Wildman–Crippen MR) is 120 cm³/mol. The van der Waals surface area contributed by atoms with E-state index in [1.807, 2.05) is 0 Å². The van der Waals surface area contributed by atoms with Crippen LogP contribution in [0, 0.1) is 12.8 Å². The van der Waals surface area contributed by atoms with Crippen LogP contribution in [0.4, 0.5) is 8.78 Å². The maximum Gasteiger partial charge on any atom is 0.382 e. The van der Waals surface area contributed by atoms with Crippen LogP contribution >= 0.6 is 0 Å². The summed E-state index contributed by atoms with van der Waals surface area (Å²) in [6, 6.07) is 3.28. The molecule has 0 bridgehead atoms. The van der Waals surface area contributed by atoms with Crippen molar-refractivity contribution < 1.29 is 32.8 Å². The average molecular weight is 513 g/mol. The molecule has 2 N–H and O–H groups in total. The van der Waals surface area contributed by atoms with E-state index in [1.54, 1.807) is 16.7 Å². The van der Waals surface area contributed by atoms with Gasteiger partial charge in [0.2, 0.25) is 11.6 Å². The fraction of sp³-hybridized carbons (Fsp3) is 0.435. The predicted octanol–water partition coefficient (Wildman–Crippen LogP) is 0.535. The Morgan fingerprint density at radius 2 is 1.97 bits per heavy atom. The van der Waals surface area contributed by atoms with Gasteiger partial charge in [-0.15, -0.1) is 5.10 Å². The summed E-state index contributed by atoms with van der Waals surface area (Å²) in [6.07, 6.45) is 0.952. The zero-order valence-corrected chi connectivity index (χ0v) is 19.7.